The van der Waals surface area contributed by atoms with Crippen molar-refractivity contribution in [1.29, 1.82) is 0 Å². The van der Waals surface area contributed by atoms with Crippen molar-refractivity contribution >= 4 is 23.2 Å². The van der Waals surface area contributed by atoms with Crippen LogP contribution in [0.15, 0.2) is 30.3 Å². The maximum Gasteiger partial charge on any atom is 0.257 e. The van der Waals surface area contributed by atoms with Gasteiger partial charge >= 0.3 is 0 Å². The maximum atomic E-state index is 11.9. The van der Waals surface area contributed by atoms with E-state index in [-0.39, 0.29) is 5.56 Å². The first-order valence-corrected chi connectivity index (χ1v) is 4.48. The van der Waals surface area contributed by atoms with Crippen LogP contribution in [0.1, 0.15) is 33.7 Å². The van der Waals surface area contributed by atoms with E-state index in [9.17, 15) is 4.79 Å². The van der Waals surface area contributed by atoms with Crippen LogP contribution >= 0.6 is 12.2 Å². The molecule has 0 saturated heterocycles. The fourth-order valence-corrected chi connectivity index (χ4v) is 1.10. The van der Waals surface area contributed by atoms with Crippen LogP contribution in [0.5, 0.6) is 0 Å². The molecule has 1 rings (SSSR count). The van der Waals surface area contributed by atoms with Gasteiger partial charge in [0.25, 0.3) is 5.91 Å². The summed E-state index contributed by atoms with van der Waals surface area (Å²) < 4.78 is 51.1. The monoisotopic (exact) mass is 229 g/mol. The number of rotatable bonds is 2. The second-order valence-corrected chi connectivity index (χ2v) is 3.06. The summed E-state index contributed by atoms with van der Waals surface area (Å²) in [5.74, 6) is -0.642. The Morgan fingerprint density at radius 3 is 2.73 bits per heavy atom. The summed E-state index contributed by atoms with van der Waals surface area (Å²) in [5, 5.41) is 3.53. The van der Waals surface area contributed by atoms with E-state index in [1.807, 2.05) is 5.32 Å². The number of nitrogens with one attached hydrogen (secondary N) is 2. The average Bonchev–Trinajstić information content (AvgIpc) is 2.36. The molecule has 0 aliphatic carbocycles. The van der Waals surface area contributed by atoms with Gasteiger partial charge in [-0.1, -0.05) is 18.2 Å². The van der Waals surface area contributed by atoms with E-state index in [0.29, 0.717) is 0 Å². The quantitative estimate of drug-likeness (QED) is 0.758. The van der Waals surface area contributed by atoms with E-state index in [4.69, 9.17) is 21.8 Å². The van der Waals surface area contributed by atoms with E-state index in [1.165, 1.54) is 12.1 Å². The highest BCUT2D eigenvalue weighted by Gasteiger charge is 2.06. The Morgan fingerprint density at radius 1 is 1.47 bits per heavy atom. The minimum Gasteiger partial charge on any atom is -0.360 e. The number of carbonyl (C=O) groups excluding carboxylic acids is 1. The van der Waals surface area contributed by atoms with E-state index < -0.39 is 30.7 Å². The molecule has 3 nitrogen and oxygen atoms in total. The molecule has 0 fully saturated rings. The molecule has 0 spiro atoms. The van der Waals surface area contributed by atoms with Gasteiger partial charge in [-0.3, -0.25) is 10.1 Å². The molecule has 0 heterocycles. The lowest BCUT2D eigenvalue weighted by Gasteiger charge is -2.11. The molecule has 1 amide bonds. The van der Waals surface area contributed by atoms with Crippen molar-refractivity contribution in [3.63, 3.8) is 0 Å². The zero-order chi connectivity index (χ0) is 17.2. The number of benzene rings is 1. The predicted molar refractivity (Wildman–Crippen MR) is 64.8 cm³/mol. The molecule has 0 aromatic heterocycles. The van der Waals surface area contributed by atoms with Gasteiger partial charge in [-0.05, 0) is 38.1 Å². The molecule has 1 aromatic carbocycles. The highest BCUT2D eigenvalue weighted by Crippen LogP contribution is 1.97. The molecule has 0 aliphatic rings. The number of amides is 1. The molecular formula is C11H14N2OS. The third kappa shape index (κ3) is 4.08. The first-order valence-electron chi connectivity index (χ1n) is 7.57. The van der Waals surface area contributed by atoms with Crippen molar-refractivity contribution in [1.82, 2.24) is 10.6 Å². The lowest BCUT2D eigenvalue weighted by molar-refractivity contribution is 0.0976. The number of hydrogen-bond acceptors (Lipinski definition) is 2. The number of hydrogen-bond donors (Lipinski definition) is 2. The number of carbonyl (C=O) groups is 1. The summed E-state index contributed by atoms with van der Waals surface area (Å²) >= 11 is 4.75. The minimum atomic E-state index is -3.18. The predicted octanol–water partition coefficient (Wildman–Crippen LogP) is 1.70. The molecular weight excluding hydrogens is 208 g/mol. The lowest BCUT2D eigenvalue weighted by Crippen LogP contribution is -2.42. The van der Waals surface area contributed by atoms with Crippen molar-refractivity contribution in [2.45, 2.75) is 19.7 Å². The van der Waals surface area contributed by atoms with Crippen LogP contribution in [0, 0.1) is 0 Å². The third-order valence-corrected chi connectivity index (χ3v) is 1.71. The Balaban J connectivity index is 2.88. The third-order valence-electron chi connectivity index (χ3n) is 1.50. The van der Waals surface area contributed by atoms with Crippen molar-refractivity contribution in [3.05, 3.63) is 35.9 Å². The van der Waals surface area contributed by atoms with Crippen LogP contribution in [0.25, 0.3) is 0 Å². The standard InChI is InChI=1S/C11H14N2OS/c1-8(2)12-11(15)13-10(14)9-6-4-3-5-7-9/h3-8H,1-2H3,(H2,12,13,14,15)/i1D3,2D3,8D. The summed E-state index contributed by atoms with van der Waals surface area (Å²) in [6, 6.07) is 4.90. The second kappa shape index (κ2) is 5.46. The van der Waals surface area contributed by atoms with Crippen molar-refractivity contribution < 1.29 is 14.4 Å². The molecule has 80 valence electrons. The normalized spacial score (nSPS) is 19.1. The van der Waals surface area contributed by atoms with Gasteiger partial charge in [0.1, 0.15) is 0 Å². The van der Waals surface area contributed by atoms with Crippen LogP contribution in [-0.4, -0.2) is 17.0 Å². The number of thiocarbonyl (C=S) groups is 1. The van der Waals surface area contributed by atoms with Crippen LogP contribution in [0.3, 0.4) is 0 Å². The molecule has 0 saturated carbocycles. The Kier molecular flexibility index (Phi) is 1.85. The van der Waals surface area contributed by atoms with Crippen molar-refractivity contribution in [2.24, 2.45) is 0 Å². The van der Waals surface area contributed by atoms with Crippen LogP contribution < -0.4 is 10.6 Å². The van der Waals surface area contributed by atoms with Gasteiger partial charge in [-0.25, -0.2) is 0 Å². The SMILES string of the molecule is [2H]C([2H])([2H])C([2H])(NC(=S)NC(=O)c1ccccc1)C([2H])([2H])[2H]. The van der Waals surface area contributed by atoms with Crippen molar-refractivity contribution in [3.8, 4) is 0 Å². The summed E-state index contributed by atoms with van der Waals surface area (Å²) in [5.41, 5.74) is 0.255. The molecule has 1 aromatic rings. The molecule has 2 N–H and O–H groups in total. The fourth-order valence-electron chi connectivity index (χ4n) is 0.910. The highest BCUT2D eigenvalue weighted by atomic mass is 32.1. The van der Waals surface area contributed by atoms with Crippen LogP contribution in [0.4, 0.5) is 0 Å². The van der Waals surface area contributed by atoms with Gasteiger partial charge < -0.3 is 5.32 Å². The molecule has 4 heteroatoms. The second-order valence-electron chi connectivity index (χ2n) is 2.65. The van der Waals surface area contributed by atoms with Gasteiger partial charge in [0.2, 0.25) is 0 Å². The topological polar surface area (TPSA) is 41.1 Å². The van der Waals surface area contributed by atoms with Crippen LogP contribution in [-0.2, 0) is 0 Å². The van der Waals surface area contributed by atoms with E-state index in [2.05, 4.69) is 5.32 Å². The molecule has 15 heavy (non-hydrogen) atoms. The lowest BCUT2D eigenvalue weighted by atomic mass is 10.2. The zero-order valence-electron chi connectivity index (χ0n) is 14.7. The Labute approximate surface area is 105 Å². The van der Waals surface area contributed by atoms with Gasteiger partial charge in [-0.2, -0.15) is 0 Å². The summed E-state index contributed by atoms with van der Waals surface area (Å²) in [6.07, 6.45) is 0. The Bertz CT molecular complexity index is 542. The largest absolute Gasteiger partial charge is 0.360 e. The molecule has 0 atom stereocenters. The van der Waals surface area contributed by atoms with E-state index >= 15 is 0 Å². The Morgan fingerprint density at radius 2 is 2.13 bits per heavy atom. The maximum absolute atomic E-state index is 11.9. The molecule has 0 radical (unpaired) electrons. The molecule has 0 aliphatic heterocycles. The van der Waals surface area contributed by atoms with Gasteiger partial charge in [0.05, 0.1) is 1.37 Å². The van der Waals surface area contributed by atoms with Gasteiger partial charge in [0, 0.05) is 19.8 Å². The summed E-state index contributed by atoms with van der Waals surface area (Å²) in [7, 11) is 0. The van der Waals surface area contributed by atoms with Crippen molar-refractivity contribution in [2.75, 3.05) is 0 Å². The minimum absolute atomic E-state index is 0.255. The smallest absolute Gasteiger partial charge is 0.257 e. The zero-order valence-corrected chi connectivity index (χ0v) is 8.52. The first-order chi connectivity index (χ1) is 9.88. The molecule has 0 unspecified atom stereocenters. The molecule has 0 bridgehead atoms. The summed E-state index contributed by atoms with van der Waals surface area (Å²) in [4.78, 5) is 11.9. The summed E-state index contributed by atoms with van der Waals surface area (Å²) in [6.45, 7) is -6.36. The van der Waals surface area contributed by atoms with Crippen LogP contribution in [0.2, 0.25) is 0 Å². The average molecular weight is 229 g/mol. The Hall–Kier alpha value is -1.42. The first kappa shape index (κ1) is 5.07. The van der Waals surface area contributed by atoms with Gasteiger partial charge in [-0.15, -0.1) is 0 Å². The fraction of sp³-hybridized carbons (Fsp3) is 0.273. The van der Waals surface area contributed by atoms with E-state index in [1.54, 1.807) is 18.2 Å². The van der Waals surface area contributed by atoms with Gasteiger partial charge in [0.15, 0.2) is 5.11 Å². The highest BCUT2D eigenvalue weighted by molar-refractivity contribution is 7.80. The van der Waals surface area contributed by atoms with E-state index in [0.717, 1.165) is 0 Å².